The number of amides is 2. The molecule has 2 aromatic heterocycles. The van der Waals surface area contributed by atoms with Crippen molar-refractivity contribution in [2.75, 3.05) is 5.75 Å². The van der Waals surface area contributed by atoms with Gasteiger partial charge in [-0.15, -0.1) is 11.8 Å². The minimum absolute atomic E-state index is 0.145. The van der Waals surface area contributed by atoms with Crippen LogP contribution in [-0.2, 0) is 30.2 Å². The molecule has 30 heavy (non-hydrogen) atoms. The molecule has 0 saturated carbocycles. The molecule has 156 valence electrons. The molecule has 1 unspecified atom stereocenters. The highest BCUT2D eigenvalue weighted by Crippen LogP contribution is 2.37. The number of thioether (sulfide) groups is 1. The minimum Gasteiger partial charge on any atom is -0.315 e. The number of benzene rings is 1. The highest BCUT2D eigenvalue weighted by molar-refractivity contribution is 8.00. The number of nitrogens with zero attached hydrogens (tertiary/aromatic N) is 5. The summed E-state index contributed by atoms with van der Waals surface area (Å²) < 4.78 is 3.59. The molecule has 1 aromatic carbocycles. The van der Waals surface area contributed by atoms with Crippen molar-refractivity contribution in [2.24, 2.45) is 14.1 Å². The van der Waals surface area contributed by atoms with Crippen LogP contribution < -0.4 is 16.7 Å². The zero-order chi connectivity index (χ0) is 21.6. The van der Waals surface area contributed by atoms with Crippen LogP contribution in [0.3, 0.4) is 0 Å². The highest BCUT2D eigenvalue weighted by Gasteiger charge is 2.34. The molecule has 1 aliphatic rings. The largest absolute Gasteiger partial charge is 0.332 e. The van der Waals surface area contributed by atoms with Crippen molar-refractivity contribution < 1.29 is 9.59 Å². The zero-order valence-corrected chi connectivity index (χ0v) is 17.5. The van der Waals surface area contributed by atoms with E-state index in [9.17, 15) is 19.2 Å². The fourth-order valence-corrected chi connectivity index (χ4v) is 4.47. The molecule has 0 spiro atoms. The van der Waals surface area contributed by atoms with Crippen molar-refractivity contribution in [1.82, 2.24) is 29.1 Å². The van der Waals surface area contributed by atoms with Gasteiger partial charge in [0.1, 0.15) is 11.9 Å². The molecule has 11 heteroatoms. The van der Waals surface area contributed by atoms with E-state index in [2.05, 4.69) is 10.4 Å². The first-order valence-electron chi connectivity index (χ1n) is 9.18. The SMILES string of the molecule is Cc1ccc(C2SCC(=O)N2NC(=O)Cn2cnc3c2c(=O)n(C)c(=O)n3C)cc1. The third-order valence-electron chi connectivity index (χ3n) is 5.01. The Kier molecular flexibility index (Phi) is 4.98. The molecule has 3 heterocycles. The molecule has 1 saturated heterocycles. The number of hydrazine groups is 1. The Hall–Kier alpha value is -3.34. The monoisotopic (exact) mass is 428 g/mol. The molecule has 0 radical (unpaired) electrons. The number of hydrogen-bond donors (Lipinski definition) is 1. The highest BCUT2D eigenvalue weighted by atomic mass is 32.2. The summed E-state index contributed by atoms with van der Waals surface area (Å²) in [5.74, 6) is -0.416. The van der Waals surface area contributed by atoms with Gasteiger partial charge in [-0.2, -0.15) is 0 Å². The van der Waals surface area contributed by atoms with Gasteiger partial charge < -0.3 is 4.57 Å². The molecular formula is C19H20N6O4S. The van der Waals surface area contributed by atoms with E-state index in [0.29, 0.717) is 0 Å². The lowest BCUT2D eigenvalue weighted by Gasteiger charge is -2.24. The van der Waals surface area contributed by atoms with Crippen LogP contribution in [-0.4, -0.2) is 41.3 Å². The summed E-state index contributed by atoms with van der Waals surface area (Å²) in [7, 11) is 2.88. The summed E-state index contributed by atoms with van der Waals surface area (Å²) in [5.41, 5.74) is 3.97. The van der Waals surface area contributed by atoms with Crippen LogP contribution >= 0.6 is 11.8 Å². The predicted octanol–water partition coefficient (Wildman–Crippen LogP) is 0.0475. The molecule has 3 aromatic rings. The summed E-state index contributed by atoms with van der Waals surface area (Å²) in [6, 6.07) is 7.77. The van der Waals surface area contributed by atoms with Gasteiger partial charge in [-0.3, -0.25) is 28.9 Å². The number of hydrogen-bond acceptors (Lipinski definition) is 6. The van der Waals surface area contributed by atoms with E-state index in [1.165, 1.54) is 46.3 Å². The van der Waals surface area contributed by atoms with Gasteiger partial charge >= 0.3 is 5.69 Å². The van der Waals surface area contributed by atoms with Crippen LogP contribution in [0.5, 0.6) is 0 Å². The number of imidazole rings is 1. The van der Waals surface area contributed by atoms with Gasteiger partial charge in [-0.05, 0) is 12.5 Å². The Bertz CT molecular complexity index is 1270. The van der Waals surface area contributed by atoms with Crippen LogP contribution in [0, 0.1) is 6.92 Å². The summed E-state index contributed by atoms with van der Waals surface area (Å²) in [6.07, 6.45) is 1.34. The number of aromatic nitrogens is 4. The minimum atomic E-state index is -0.538. The van der Waals surface area contributed by atoms with Gasteiger partial charge in [0, 0.05) is 14.1 Å². The van der Waals surface area contributed by atoms with E-state index in [1.807, 2.05) is 31.2 Å². The third kappa shape index (κ3) is 3.30. The molecule has 1 atom stereocenters. The molecule has 2 amide bonds. The van der Waals surface area contributed by atoms with Gasteiger partial charge in [-0.1, -0.05) is 29.8 Å². The predicted molar refractivity (Wildman–Crippen MR) is 112 cm³/mol. The maximum atomic E-state index is 12.7. The topological polar surface area (TPSA) is 111 Å². The van der Waals surface area contributed by atoms with Crippen LogP contribution in [0.4, 0.5) is 0 Å². The first kappa shape index (κ1) is 20.0. The van der Waals surface area contributed by atoms with E-state index in [4.69, 9.17) is 0 Å². The Labute approximate surface area is 175 Å². The Morgan fingerprint density at radius 2 is 1.87 bits per heavy atom. The molecule has 1 aliphatic heterocycles. The maximum Gasteiger partial charge on any atom is 0.332 e. The standard InChI is InChI=1S/C19H20N6O4S/c1-11-4-6-12(7-5-11)18-25(14(27)9-30-18)21-13(26)8-24-10-20-16-15(24)17(28)23(3)19(29)22(16)2/h4-7,10,18H,8-9H2,1-3H3,(H,21,26). The van der Waals surface area contributed by atoms with Crippen molar-refractivity contribution in [2.45, 2.75) is 18.8 Å². The number of carbonyl (C=O) groups is 2. The second-order valence-corrected chi connectivity index (χ2v) is 8.19. The molecule has 0 aliphatic carbocycles. The van der Waals surface area contributed by atoms with E-state index >= 15 is 0 Å². The van der Waals surface area contributed by atoms with Crippen LogP contribution in [0.15, 0.2) is 40.2 Å². The van der Waals surface area contributed by atoms with Crippen molar-refractivity contribution in [3.05, 3.63) is 62.6 Å². The van der Waals surface area contributed by atoms with Crippen LogP contribution in [0.2, 0.25) is 0 Å². The van der Waals surface area contributed by atoms with Crippen molar-refractivity contribution in [1.29, 1.82) is 0 Å². The summed E-state index contributed by atoms with van der Waals surface area (Å²) in [4.78, 5) is 53.7. The lowest BCUT2D eigenvalue weighted by atomic mass is 10.1. The van der Waals surface area contributed by atoms with Gasteiger partial charge in [0.05, 0.1) is 12.1 Å². The molecule has 10 nitrogen and oxygen atoms in total. The normalized spacial score (nSPS) is 16.4. The zero-order valence-electron chi connectivity index (χ0n) is 16.7. The number of nitrogens with one attached hydrogen (secondary N) is 1. The van der Waals surface area contributed by atoms with Crippen molar-refractivity contribution in [3.63, 3.8) is 0 Å². The summed E-state index contributed by atoms with van der Waals surface area (Å²) >= 11 is 1.43. The number of carbonyl (C=O) groups excluding carboxylic acids is 2. The smallest absolute Gasteiger partial charge is 0.315 e. The lowest BCUT2D eigenvalue weighted by Crippen LogP contribution is -2.46. The molecular weight excluding hydrogens is 408 g/mol. The molecule has 0 bridgehead atoms. The van der Waals surface area contributed by atoms with Crippen molar-refractivity contribution >= 4 is 34.7 Å². The van der Waals surface area contributed by atoms with Crippen LogP contribution in [0.1, 0.15) is 16.5 Å². The fourth-order valence-electron chi connectivity index (χ4n) is 3.36. The molecule has 4 rings (SSSR count). The second-order valence-electron chi connectivity index (χ2n) is 7.12. The quantitative estimate of drug-likeness (QED) is 0.629. The fraction of sp³-hybridized carbons (Fsp3) is 0.316. The van der Waals surface area contributed by atoms with Gasteiger partial charge in [0.15, 0.2) is 11.2 Å². The Balaban J connectivity index is 1.59. The van der Waals surface area contributed by atoms with Crippen molar-refractivity contribution in [3.8, 4) is 0 Å². The third-order valence-corrected chi connectivity index (χ3v) is 6.22. The van der Waals surface area contributed by atoms with Gasteiger partial charge in [0.25, 0.3) is 17.4 Å². The van der Waals surface area contributed by atoms with Gasteiger partial charge in [0.2, 0.25) is 0 Å². The van der Waals surface area contributed by atoms with Crippen LogP contribution in [0.25, 0.3) is 11.2 Å². The summed E-state index contributed by atoms with van der Waals surface area (Å²) in [6.45, 7) is 1.75. The second kappa shape index (κ2) is 7.48. The average molecular weight is 428 g/mol. The van der Waals surface area contributed by atoms with Gasteiger partial charge in [-0.25, -0.2) is 14.8 Å². The maximum absolute atomic E-state index is 12.7. The molecule has 1 N–H and O–H groups in total. The number of rotatable bonds is 4. The lowest BCUT2D eigenvalue weighted by molar-refractivity contribution is -0.139. The number of fused-ring (bicyclic) bond motifs is 1. The van der Waals surface area contributed by atoms with E-state index < -0.39 is 17.2 Å². The van der Waals surface area contributed by atoms with E-state index in [1.54, 1.807) is 0 Å². The number of aryl methyl sites for hydroxylation is 2. The average Bonchev–Trinajstić information content (AvgIpc) is 3.29. The van der Waals surface area contributed by atoms with E-state index in [0.717, 1.165) is 15.7 Å². The van der Waals surface area contributed by atoms with E-state index in [-0.39, 0.29) is 34.7 Å². The first-order chi connectivity index (χ1) is 14.3. The first-order valence-corrected chi connectivity index (χ1v) is 10.2. The Morgan fingerprint density at radius 3 is 2.57 bits per heavy atom. The molecule has 1 fully saturated rings. The summed E-state index contributed by atoms with van der Waals surface area (Å²) in [5, 5.41) is 1.00. The Morgan fingerprint density at radius 1 is 1.17 bits per heavy atom.